The van der Waals surface area contributed by atoms with E-state index in [4.69, 9.17) is 20.2 Å². The largest absolute Gasteiger partial charge is 0.497 e. The van der Waals surface area contributed by atoms with E-state index in [0.29, 0.717) is 18.0 Å². The van der Waals surface area contributed by atoms with Gasteiger partial charge >= 0.3 is 0 Å². The highest BCUT2D eigenvalue weighted by Gasteiger charge is 2.50. The first kappa shape index (κ1) is 19.5. The number of carbonyl (C=O) groups excluding carboxylic acids is 1. The van der Waals surface area contributed by atoms with Gasteiger partial charge in [-0.2, -0.15) is 0 Å². The molecule has 0 saturated carbocycles. The lowest BCUT2D eigenvalue weighted by Gasteiger charge is -2.27. The highest BCUT2D eigenvalue weighted by atomic mass is 16.5. The molecule has 2 N–H and O–H groups in total. The molecule has 0 fully saturated rings. The minimum Gasteiger partial charge on any atom is -0.497 e. The van der Waals surface area contributed by atoms with E-state index in [9.17, 15) is 4.79 Å². The van der Waals surface area contributed by atoms with Crippen molar-refractivity contribution in [3.05, 3.63) is 95.6 Å². The first-order valence-corrected chi connectivity index (χ1v) is 9.59. The lowest BCUT2D eigenvalue weighted by atomic mass is 9.82. The SMILES string of the molecule is COc1ccc(C2(c3ccc(OC)cc3)N=C(N)N(Cc3ccccc3)C2=O)cc1. The van der Waals surface area contributed by atoms with Crippen LogP contribution in [-0.2, 0) is 16.9 Å². The van der Waals surface area contributed by atoms with E-state index in [0.717, 1.165) is 16.7 Å². The third-order valence-electron chi connectivity index (χ3n) is 5.31. The summed E-state index contributed by atoms with van der Waals surface area (Å²) < 4.78 is 10.6. The van der Waals surface area contributed by atoms with Crippen molar-refractivity contribution in [1.29, 1.82) is 0 Å². The predicted octanol–water partition coefficient (Wildman–Crippen LogP) is 3.30. The van der Waals surface area contributed by atoms with Crippen LogP contribution < -0.4 is 15.2 Å². The number of nitrogens with zero attached hydrogens (tertiary/aromatic N) is 2. The summed E-state index contributed by atoms with van der Waals surface area (Å²) in [5.74, 6) is 1.40. The molecule has 1 heterocycles. The van der Waals surface area contributed by atoms with Crippen LogP contribution in [0.15, 0.2) is 83.9 Å². The topological polar surface area (TPSA) is 77.2 Å². The third kappa shape index (κ3) is 3.26. The van der Waals surface area contributed by atoms with Crippen LogP contribution in [0.2, 0.25) is 0 Å². The van der Waals surface area contributed by atoms with Crippen molar-refractivity contribution in [1.82, 2.24) is 4.90 Å². The van der Waals surface area contributed by atoms with Crippen molar-refractivity contribution in [2.75, 3.05) is 14.2 Å². The van der Waals surface area contributed by atoms with Gasteiger partial charge in [0.25, 0.3) is 5.91 Å². The van der Waals surface area contributed by atoms with E-state index in [1.807, 2.05) is 78.9 Å². The van der Waals surface area contributed by atoms with Crippen molar-refractivity contribution < 1.29 is 14.3 Å². The first-order chi connectivity index (χ1) is 14.6. The lowest BCUT2D eigenvalue weighted by Crippen LogP contribution is -2.43. The molecule has 6 heteroatoms. The molecule has 0 radical (unpaired) electrons. The molecular weight excluding hydrogens is 378 g/mol. The van der Waals surface area contributed by atoms with Crippen LogP contribution in [0.1, 0.15) is 16.7 Å². The van der Waals surface area contributed by atoms with E-state index in [1.54, 1.807) is 14.2 Å². The van der Waals surface area contributed by atoms with Gasteiger partial charge in [0.2, 0.25) is 0 Å². The van der Waals surface area contributed by atoms with E-state index in [1.165, 1.54) is 4.90 Å². The Bertz CT molecular complexity index is 1010. The minimum absolute atomic E-state index is 0.190. The number of guanidine groups is 1. The highest BCUT2D eigenvalue weighted by Crippen LogP contribution is 2.41. The highest BCUT2D eigenvalue weighted by molar-refractivity contribution is 6.09. The Hall–Kier alpha value is -3.80. The van der Waals surface area contributed by atoms with Crippen LogP contribution in [0.3, 0.4) is 0 Å². The van der Waals surface area contributed by atoms with Crippen molar-refractivity contribution in [2.45, 2.75) is 12.1 Å². The lowest BCUT2D eigenvalue weighted by molar-refractivity contribution is -0.130. The molecule has 6 nitrogen and oxygen atoms in total. The zero-order valence-corrected chi connectivity index (χ0v) is 16.9. The molecule has 3 aromatic carbocycles. The summed E-state index contributed by atoms with van der Waals surface area (Å²) in [5, 5.41) is 0. The molecule has 0 saturated heterocycles. The Morgan fingerprint density at radius 1 is 0.833 bits per heavy atom. The fourth-order valence-electron chi connectivity index (χ4n) is 3.71. The Kier molecular flexibility index (Phi) is 5.14. The van der Waals surface area contributed by atoms with E-state index in [-0.39, 0.29) is 11.9 Å². The zero-order valence-electron chi connectivity index (χ0n) is 16.9. The van der Waals surface area contributed by atoms with Gasteiger partial charge in [-0.15, -0.1) is 0 Å². The standard InChI is InChI=1S/C24H23N3O3/c1-29-20-12-8-18(9-13-20)24(19-10-14-21(30-2)15-11-19)22(28)27(23(25)26-24)16-17-6-4-3-5-7-17/h3-15H,16H2,1-2H3,(H2,25,26). The number of carbonyl (C=O) groups is 1. The van der Waals surface area contributed by atoms with Gasteiger partial charge in [-0.3, -0.25) is 9.69 Å². The molecule has 0 unspecified atom stereocenters. The van der Waals surface area contributed by atoms with Crippen LogP contribution in [0.4, 0.5) is 0 Å². The van der Waals surface area contributed by atoms with E-state index >= 15 is 0 Å². The number of hydrogen-bond acceptors (Lipinski definition) is 5. The van der Waals surface area contributed by atoms with Crippen LogP contribution in [-0.4, -0.2) is 31.0 Å². The average molecular weight is 401 g/mol. The number of rotatable bonds is 6. The quantitative estimate of drug-likeness (QED) is 0.688. The third-order valence-corrected chi connectivity index (χ3v) is 5.31. The summed E-state index contributed by atoms with van der Waals surface area (Å²) in [5.41, 5.74) is 7.43. The second-order valence-electron chi connectivity index (χ2n) is 7.01. The number of amides is 1. The molecule has 3 aromatic rings. The smallest absolute Gasteiger partial charge is 0.266 e. The fourth-order valence-corrected chi connectivity index (χ4v) is 3.71. The number of aliphatic imine (C=N–C) groups is 1. The van der Waals surface area contributed by atoms with Gasteiger partial charge in [0, 0.05) is 0 Å². The molecule has 1 aliphatic rings. The normalized spacial score (nSPS) is 15.1. The summed E-state index contributed by atoms with van der Waals surface area (Å²) in [7, 11) is 3.21. The maximum atomic E-state index is 13.8. The van der Waals surface area contributed by atoms with Gasteiger partial charge in [0.05, 0.1) is 20.8 Å². The second-order valence-corrected chi connectivity index (χ2v) is 7.01. The van der Waals surface area contributed by atoms with E-state index < -0.39 is 5.54 Å². The van der Waals surface area contributed by atoms with Crippen molar-refractivity contribution in [2.24, 2.45) is 10.7 Å². The fraction of sp³-hybridized carbons (Fsp3) is 0.167. The number of nitrogens with two attached hydrogens (primary N) is 1. The number of benzene rings is 3. The molecule has 4 rings (SSSR count). The molecule has 152 valence electrons. The van der Waals surface area contributed by atoms with E-state index in [2.05, 4.69) is 0 Å². The van der Waals surface area contributed by atoms with Crippen LogP contribution in [0.25, 0.3) is 0 Å². The number of ether oxygens (including phenoxy) is 2. The van der Waals surface area contributed by atoms with Gasteiger partial charge in [-0.1, -0.05) is 54.6 Å². The molecule has 30 heavy (non-hydrogen) atoms. The van der Waals surface area contributed by atoms with Gasteiger partial charge in [0.1, 0.15) is 11.5 Å². The molecule has 0 atom stereocenters. The summed E-state index contributed by atoms with van der Waals surface area (Å²) >= 11 is 0. The molecule has 1 aliphatic heterocycles. The van der Waals surface area contributed by atoms with Gasteiger partial charge in [-0.25, -0.2) is 4.99 Å². The first-order valence-electron chi connectivity index (χ1n) is 9.59. The average Bonchev–Trinajstić information content (AvgIpc) is 3.05. The maximum absolute atomic E-state index is 13.8. The van der Waals surface area contributed by atoms with Crippen LogP contribution >= 0.6 is 0 Å². The number of methoxy groups -OCH3 is 2. The Labute approximate surface area is 175 Å². The molecule has 0 bridgehead atoms. The molecule has 0 spiro atoms. The minimum atomic E-state index is -1.27. The maximum Gasteiger partial charge on any atom is 0.266 e. The summed E-state index contributed by atoms with van der Waals surface area (Å²) in [6.45, 7) is 0.350. The Balaban J connectivity index is 1.81. The van der Waals surface area contributed by atoms with Gasteiger partial charge in [-0.05, 0) is 41.0 Å². The summed E-state index contributed by atoms with van der Waals surface area (Å²) in [4.78, 5) is 20.1. The summed E-state index contributed by atoms with van der Waals surface area (Å²) in [6.07, 6.45) is 0. The predicted molar refractivity (Wildman–Crippen MR) is 115 cm³/mol. The zero-order chi connectivity index (χ0) is 21.1. The Morgan fingerprint density at radius 3 is 1.80 bits per heavy atom. The van der Waals surface area contributed by atoms with Crippen LogP contribution in [0, 0.1) is 0 Å². The molecule has 0 aromatic heterocycles. The monoisotopic (exact) mass is 401 g/mol. The molecule has 1 amide bonds. The summed E-state index contributed by atoms with van der Waals surface area (Å²) in [6, 6.07) is 24.4. The van der Waals surface area contributed by atoms with Crippen molar-refractivity contribution in [3.63, 3.8) is 0 Å². The van der Waals surface area contributed by atoms with Gasteiger partial charge in [0.15, 0.2) is 11.5 Å². The Morgan fingerprint density at radius 2 is 1.33 bits per heavy atom. The molecule has 0 aliphatic carbocycles. The van der Waals surface area contributed by atoms with Crippen molar-refractivity contribution in [3.8, 4) is 11.5 Å². The van der Waals surface area contributed by atoms with Crippen molar-refractivity contribution >= 4 is 11.9 Å². The number of hydrogen-bond donors (Lipinski definition) is 1. The van der Waals surface area contributed by atoms with Crippen LogP contribution in [0.5, 0.6) is 11.5 Å². The second kappa shape index (κ2) is 7.91. The molecular formula is C24H23N3O3. The van der Waals surface area contributed by atoms with Gasteiger partial charge < -0.3 is 15.2 Å².